The number of rotatable bonds is 6. The van der Waals surface area contributed by atoms with Crippen LogP contribution in [0.4, 0.5) is 0 Å². The monoisotopic (exact) mass is 279 g/mol. The molecule has 1 aromatic heterocycles. The maximum Gasteiger partial charge on any atom is 0.351 e. The van der Waals surface area contributed by atoms with E-state index in [1.807, 2.05) is 13.8 Å². The van der Waals surface area contributed by atoms with Gasteiger partial charge >= 0.3 is 5.97 Å². The Morgan fingerprint density at radius 2 is 2.18 bits per heavy atom. The van der Waals surface area contributed by atoms with Crippen LogP contribution in [0.25, 0.3) is 0 Å². The molecule has 0 fully saturated rings. The van der Waals surface area contributed by atoms with E-state index in [2.05, 4.69) is 9.72 Å². The normalized spacial score (nSPS) is 10.6. The lowest BCUT2D eigenvalue weighted by atomic mass is 10.5. The largest absolute Gasteiger partial charge is 0.468 e. The van der Waals surface area contributed by atoms with E-state index in [4.69, 9.17) is 21.1 Å². The Kier molecular flexibility index (Phi) is 5.67. The van der Waals surface area contributed by atoms with Gasteiger partial charge in [-0.25, -0.2) is 4.79 Å². The molecule has 7 heteroatoms. The summed E-state index contributed by atoms with van der Waals surface area (Å²) in [5.41, 5.74) is 0. The number of methoxy groups -OCH3 is 1. The summed E-state index contributed by atoms with van der Waals surface area (Å²) in [6, 6.07) is 0. The molecule has 0 saturated carbocycles. The van der Waals surface area contributed by atoms with Gasteiger partial charge in [0.25, 0.3) is 5.19 Å². The molecule has 0 saturated heterocycles. The Balaban J connectivity index is 2.47. The molecule has 5 nitrogen and oxygen atoms in total. The Morgan fingerprint density at radius 1 is 1.47 bits per heavy atom. The summed E-state index contributed by atoms with van der Waals surface area (Å²) in [4.78, 5) is 15.4. The molecule has 0 atom stereocenters. The second-order valence-electron chi connectivity index (χ2n) is 3.36. The molecule has 1 rings (SSSR count). The van der Waals surface area contributed by atoms with Crippen molar-refractivity contribution >= 4 is 28.9 Å². The predicted molar refractivity (Wildman–Crippen MR) is 65.0 cm³/mol. The third-order valence-electron chi connectivity index (χ3n) is 1.70. The number of nitrogens with zero attached hydrogens (tertiary/aromatic N) is 1. The van der Waals surface area contributed by atoms with Gasteiger partial charge in [0.2, 0.25) is 0 Å². The van der Waals surface area contributed by atoms with Gasteiger partial charge in [0, 0.05) is 0 Å². The lowest BCUT2D eigenvalue weighted by Gasteiger charge is -2.06. The van der Waals surface area contributed by atoms with Gasteiger partial charge in [-0.1, -0.05) is 22.9 Å². The molecular formula is C10H14ClNO4S. The van der Waals surface area contributed by atoms with Crippen molar-refractivity contribution in [3.8, 4) is 5.19 Å². The first kappa shape index (κ1) is 14.2. The van der Waals surface area contributed by atoms with Crippen molar-refractivity contribution in [1.29, 1.82) is 0 Å². The van der Waals surface area contributed by atoms with E-state index in [1.165, 1.54) is 7.11 Å². The zero-order chi connectivity index (χ0) is 12.8. The quantitative estimate of drug-likeness (QED) is 0.591. The summed E-state index contributed by atoms with van der Waals surface area (Å²) >= 11 is 6.82. The summed E-state index contributed by atoms with van der Waals surface area (Å²) in [5, 5.41) is 0.435. The van der Waals surface area contributed by atoms with Gasteiger partial charge in [0.15, 0.2) is 10.0 Å². The first-order valence-corrected chi connectivity index (χ1v) is 6.23. The first-order chi connectivity index (χ1) is 8.04. The van der Waals surface area contributed by atoms with Crippen LogP contribution in [-0.4, -0.2) is 37.4 Å². The minimum atomic E-state index is -0.513. The van der Waals surface area contributed by atoms with Crippen LogP contribution in [0.1, 0.15) is 23.5 Å². The highest BCUT2D eigenvalue weighted by molar-refractivity contribution is 7.15. The molecular weight excluding hydrogens is 266 g/mol. The van der Waals surface area contributed by atoms with Crippen LogP contribution in [0.3, 0.4) is 0 Å². The number of halogens is 1. The van der Waals surface area contributed by atoms with E-state index in [-0.39, 0.29) is 16.1 Å². The smallest absolute Gasteiger partial charge is 0.351 e. The molecule has 0 aromatic carbocycles. The summed E-state index contributed by atoms with van der Waals surface area (Å²) < 4.78 is 15.2. The van der Waals surface area contributed by atoms with Gasteiger partial charge < -0.3 is 14.2 Å². The second kappa shape index (κ2) is 6.78. The molecule has 0 amide bonds. The molecule has 0 unspecified atom stereocenters. The Labute approximate surface area is 109 Å². The highest BCUT2D eigenvalue weighted by atomic mass is 35.5. The van der Waals surface area contributed by atoms with Crippen LogP contribution in [0.5, 0.6) is 5.19 Å². The van der Waals surface area contributed by atoms with Crippen molar-refractivity contribution in [2.75, 3.05) is 20.3 Å². The summed E-state index contributed by atoms with van der Waals surface area (Å²) in [6.45, 7) is 4.70. The summed E-state index contributed by atoms with van der Waals surface area (Å²) in [6.07, 6.45) is 0.157. The molecule has 0 N–H and O–H groups in total. The predicted octanol–water partition coefficient (Wildman–Crippen LogP) is 2.39. The summed E-state index contributed by atoms with van der Waals surface area (Å²) in [5.74, 6) is -0.513. The van der Waals surface area contributed by atoms with Crippen molar-refractivity contribution < 1.29 is 19.0 Å². The molecule has 96 valence electrons. The molecule has 0 aliphatic heterocycles. The van der Waals surface area contributed by atoms with Crippen molar-refractivity contribution in [3.05, 3.63) is 10.0 Å². The third-order valence-corrected chi connectivity index (χ3v) is 3.03. The van der Waals surface area contributed by atoms with Crippen molar-refractivity contribution in [2.24, 2.45) is 0 Å². The van der Waals surface area contributed by atoms with Crippen LogP contribution < -0.4 is 4.74 Å². The van der Waals surface area contributed by atoms with Gasteiger partial charge in [-0.15, -0.1) is 0 Å². The van der Waals surface area contributed by atoms with E-state index in [0.717, 1.165) is 11.3 Å². The molecule has 1 heterocycles. The number of esters is 1. The second-order valence-corrected chi connectivity index (χ2v) is 4.68. The molecule has 0 spiro atoms. The number of thiazole rings is 1. The molecule has 0 radical (unpaired) electrons. The maximum absolute atomic E-state index is 11.3. The maximum atomic E-state index is 11.3. The fourth-order valence-corrected chi connectivity index (χ4v) is 2.05. The summed E-state index contributed by atoms with van der Waals surface area (Å²) in [7, 11) is 1.29. The van der Waals surface area contributed by atoms with Gasteiger partial charge in [-0.3, -0.25) is 0 Å². The van der Waals surface area contributed by atoms with Crippen molar-refractivity contribution in [3.63, 3.8) is 0 Å². The van der Waals surface area contributed by atoms with Crippen molar-refractivity contribution in [1.82, 2.24) is 4.98 Å². The lowest BCUT2D eigenvalue weighted by molar-refractivity contribution is 0.0552. The Bertz CT molecular complexity index is 380. The van der Waals surface area contributed by atoms with Gasteiger partial charge in [0.1, 0.15) is 6.61 Å². The Morgan fingerprint density at radius 3 is 2.76 bits per heavy atom. The molecule has 17 heavy (non-hydrogen) atoms. The van der Waals surface area contributed by atoms with Crippen LogP contribution in [-0.2, 0) is 9.47 Å². The minimum Gasteiger partial charge on any atom is -0.468 e. The number of carbonyl (C=O) groups excluding carboxylic acids is 1. The number of carbonyl (C=O) groups is 1. The average molecular weight is 280 g/mol. The highest BCUT2D eigenvalue weighted by Crippen LogP contribution is 2.29. The average Bonchev–Trinajstić information content (AvgIpc) is 2.65. The van der Waals surface area contributed by atoms with Crippen LogP contribution >= 0.6 is 22.9 Å². The van der Waals surface area contributed by atoms with E-state index in [9.17, 15) is 4.79 Å². The standard InChI is InChI=1S/C10H14ClNO4S/c1-6(2)15-4-5-16-10-12-8(11)7(17-10)9(13)14-3/h6H,4-5H2,1-3H3. The number of hydrogen-bond acceptors (Lipinski definition) is 6. The topological polar surface area (TPSA) is 57.7 Å². The fourth-order valence-electron chi connectivity index (χ4n) is 0.976. The van der Waals surface area contributed by atoms with Crippen LogP contribution in [0.15, 0.2) is 0 Å². The van der Waals surface area contributed by atoms with Gasteiger partial charge in [-0.2, -0.15) is 4.98 Å². The number of aromatic nitrogens is 1. The number of ether oxygens (including phenoxy) is 3. The zero-order valence-corrected chi connectivity index (χ0v) is 11.4. The highest BCUT2D eigenvalue weighted by Gasteiger charge is 2.17. The molecule has 0 aliphatic rings. The van der Waals surface area contributed by atoms with E-state index < -0.39 is 5.97 Å². The van der Waals surface area contributed by atoms with Crippen LogP contribution in [0, 0.1) is 0 Å². The Hall–Kier alpha value is -0.850. The van der Waals surface area contributed by atoms with E-state index in [0.29, 0.717) is 18.4 Å². The molecule has 0 bridgehead atoms. The van der Waals surface area contributed by atoms with Crippen LogP contribution in [0.2, 0.25) is 5.15 Å². The van der Waals surface area contributed by atoms with E-state index in [1.54, 1.807) is 0 Å². The molecule has 0 aliphatic carbocycles. The molecule has 1 aromatic rings. The third kappa shape index (κ3) is 4.49. The lowest BCUT2D eigenvalue weighted by Crippen LogP contribution is -2.11. The minimum absolute atomic E-state index is 0.0987. The SMILES string of the molecule is COC(=O)c1sc(OCCOC(C)C)nc1Cl. The fraction of sp³-hybridized carbons (Fsp3) is 0.600. The first-order valence-electron chi connectivity index (χ1n) is 5.03. The number of hydrogen-bond donors (Lipinski definition) is 0. The van der Waals surface area contributed by atoms with E-state index >= 15 is 0 Å². The zero-order valence-electron chi connectivity index (χ0n) is 9.86. The van der Waals surface area contributed by atoms with Crippen molar-refractivity contribution in [2.45, 2.75) is 20.0 Å². The van der Waals surface area contributed by atoms with Gasteiger partial charge in [0.05, 0.1) is 19.8 Å². The van der Waals surface area contributed by atoms with Gasteiger partial charge in [-0.05, 0) is 13.8 Å².